The highest BCUT2D eigenvalue weighted by atomic mass is 79.9. The highest BCUT2D eigenvalue weighted by Crippen LogP contribution is 2.35. The molecule has 0 spiro atoms. The molecule has 0 aromatic heterocycles. The van der Waals surface area contributed by atoms with Gasteiger partial charge in [0.05, 0.1) is 6.04 Å². The van der Waals surface area contributed by atoms with Crippen molar-refractivity contribution in [2.45, 2.75) is 24.9 Å². The Kier molecular flexibility index (Phi) is 4.78. The van der Waals surface area contributed by atoms with E-state index in [1.807, 2.05) is 29.2 Å². The normalized spacial score (nSPS) is 19.7. The Balaban J connectivity index is 2.06. The van der Waals surface area contributed by atoms with Gasteiger partial charge in [0.1, 0.15) is 11.9 Å². The minimum atomic E-state index is -0.801. The number of carboxylic acid groups (broad SMARTS) is 1. The minimum absolute atomic E-state index is 0.198. The molecule has 2 atom stereocenters. The fourth-order valence-corrected chi connectivity index (χ4v) is 3.68. The molecule has 0 saturated carbocycles. The van der Waals surface area contributed by atoms with Crippen LogP contribution in [0.3, 0.4) is 0 Å². The number of hydrogen-bond donors (Lipinski definition) is 1. The fourth-order valence-electron chi connectivity index (χ4n) is 3.26. The van der Waals surface area contributed by atoms with Gasteiger partial charge in [0, 0.05) is 11.0 Å². The Morgan fingerprint density at radius 2 is 1.96 bits per heavy atom. The first-order valence-corrected chi connectivity index (χ1v) is 8.35. The molecule has 1 N–H and O–H groups in total. The Morgan fingerprint density at radius 3 is 2.61 bits per heavy atom. The van der Waals surface area contributed by atoms with Crippen molar-refractivity contribution < 1.29 is 14.3 Å². The third-order valence-corrected chi connectivity index (χ3v) is 4.75. The third kappa shape index (κ3) is 3.46. The number of hydrogen-bond acceptors (Lipinski definition) is 2. The summed E-state index contributed by atoms with van der Waals surface area (Å²) in [7, 11) is 0. The van der Waals surface area contributed by atoms with Crippen molar-refractivity contribution in [3.63, 3.8) is 0 Å². The van der Waals surface area contributed by atoms with Crippen molar-refractivity contribution in [1.29, 1.82) is 0 Å². The predicted octanol–water partition coefficient (Wildman–Crippen LogP) is 4.23. The van der Waals surface area contributed by atoms with Crippen molar-refractivity contribution >= 4 is 21.9 Å². The first kappa shape index (κ1) is 16.1. The molecule has 5 heteroatoms. The number of benzene rings is 2. The summed E-state index contributed by atoms with van der Waals surface area (Å²) in [6.45, 7) is 0.714. The maximum Gasteiger partial charge on any atom is 0.320 e. The SMILES string of the molecule is O=C(O)C1CCCN1C(c1ccc(F)cc1)c1cccc(Br)c1. The second-order valence-electron chi connectivity index (χ2n) is 5.74. The van der Waals surface area contributed by atoms with Crippen LogP contribution in [0.25, 0.3) is 0 Å². The van der Waals surface area contributed by atoms with Gasteiger partial charge in [-0.2, -0.15) is 0 Å². The Hall–Kier alpha value is -1.72. The van der Waals surface area contributed by atoms with Gasteiger partial charge in [0.2, 0.25) is 0 Å². The smallest absolute Gasteiger partial charge is 0.320 e. The van der Waals surface area contributed by atoms with Gasteiger partial charge >= 0.3 is 5.97 Å². The molecule has 1 heterocycles. The van der Waals surface area contributed by atoms with Gasteiger partial charge < -0.3 is 5.11 Å². The molecule has 1 aliphatic heterocycles. The predicted molar refractivity (Wildman–Crippen MR) is 89.7 cm³/mol. The van der Waals surface area contributed by atoms with E-state index in [9.17, 15) is 14.3 Å². The molecule has 0 bridgehead atoms. The highest BCUT2D eigenvalue weighted by molar-refractivity contribution is 9.10. The van der Waals surface area contributed by atoms with Gasteiger partial charge in [-0.05, 0) is 48.2 Å². The van der Waals surface area contributed by atoms with E-state index in [2.05, 4.69) is 15.9 Å². The number of carboxylic acids is 1. The molecule has 1 aliphatic rings. The van der Waals surface area contributed by atoms with Crippen LogP contribution in [0.4, 0.5) is 4.39 Å². The van der Waals surface area contributed by atoms with Crippen LogP contribution in [0.2, 0.25) is 0 Å². The molecule has 0 aliphatic carbocycles. The number of halogens is 2. The van der Waals surface area contributed by atoms with Crippen LogP contribution in [-0.4, -0.2) is 28.6 Å². The first-order valence-electron chi connectivity index (χ1n) is 7.56. The molecule has 2 aromatic carbocycles. The number of aliphatic carboxylic acids is 1. The number of likely N-dealkylation sites (tertiary alicyclic amines) is 1. The molecule has 120 valence electrons. The zero-order chi connectivity index (χ0) is 16.4. The summed E-state index contributed by atoms with van der Waals surface area (Å²) < 4.78 is 14.2. The minimum Gasteiger partial charge on any atom is -0.480 e. The lowest BCUT2D eigenvalue weighted by Crippen LogP contribution is -2.39. The maximum atomic E-state index is 13.3. The van der Waals surface area contributed by atoms with Crippen LogP contribution < -0.4 is 0 Å². The first-order chi connectivity index (χ1) is 11.1. The van der Waals surface area contributed by atoms with Crippen molar-refractivity contribution in [2.24, 2.45) is 0 Å². The van der Waals surface area contributed by atoms with Crippen LogP contribution in [0.5, 0.6) is 0 Å². The van der Waals surface area contributed by atoms with Crippen LogP contribution in [-0.2, 0) is 4.79 Å². The largest absolute Gasteiger partial charge is 0.480 e. The molecule has 0 amide bonds. The van der Waals surface area contributed by atoms with E-state index in [4.69, 9.17) is 0 Å². The fraction of sp³-hybridized carbons (Fsp3) is 0.278. The number of rotatable bonds is 4. The van der Waals surface area contributed by atoms with Crippen LogP contribution in [0.1, 0.15) is 30.0 Å². The molecule has 23 heavy (non-hydrogen) atoms. The lowest BCUT2D eigenvalue weighted by molar-refractivity contribution is -0.142. The quantitative estimate of drug-likeness (QED) is 0.866. The summed E-state index contributed by atoms with van der Waals surface area (Å²) in [6, 6.07) is 13.4. The summed E-state index contributed by atoms with van der Waals surface area (Å²) in [6.07, 6.45) is 1.49. The Morgan fingerprint density at radius 1 is 1.22 bits per heavy atom. The van der Waals surface area contributed by atoms with Crippen LogP contribution in [0, 0.1) is 5.82 Å². The van der Waals surface area contributed by atoms with Crippen molar-refractivity contribution in [1.82, 2.24) is 4.90 Å². The van der Waals surface area contributed by atoms with Gasteiger partial charge in [0.15, 0.2) is 0 Å². The third-order valence-electron chi connectivity index (χ3n) is 4.26. The maximum absolute atomic E-state index is 13.3. The van der Waals surface area contributed by atoms with Crippen molar-refractivity contribution in [3.05, 3.63) is 69.9 Å². The van der Waals surface area contributed by atoms with Gasteiger partial charge in [-0.15, -0.1) is 0 Å². The monoisotopic (exact) mass is 377 g/mol. The molecule has 0 radical (unpaired) electrons. The number of nitrogens with zero attached hydrogens (tertiary/aromatic N) is 1. The standard InChI is InChI=1S/C18H17BrFNO2/c19-14-4-1-3-13(11-14)17(12-6-8-15(20)9-7-12)21-10-2-5-16(21)18(22)23/h1,3-4,6-9,11,16-17H,2,5,10H2,(H,22,23). The van der Waals surface area contributed by atoms with E-state index in [0.29, 0.717) is 13.0 Å². The van der Waals surface area contributed by atoms with E-state index in [0.717, 1.165) is 22.0 Å². The second kappa shape index (κ2) is 6.81. The molecular weight excluding hydrogens is 361 g/mol. The summed E-state index contributed by atoms with van der Waals surface area (Å²) >= 11 is 3.47. The molecular formula is C18H17BrFNO2. The topological polar surface area (TPSA) is 40.5 Å². The zero-order valence-electron chi connectivity index (χ0n) is 12.5. The molecule has 2 unspecified atom stereocenters. The molecule has 1 saturated heterocycles. The van der Waals surface area contributed by atoms with Crippen molar-refractivity contribution in [2.75, 3.05) is 6.54 Å². The van der Waals surface area contributed by atoms with E-state index < -0.39 is 12.0 Å². The summed E-state index contributed by atoms with van der Waals surface area (Å²) in [5.41, 5.74) is 1.90. The lowest BCUT2D eigenvalue weighted by atomic mass is 9.96. The van der Waals surface area contributed by atoms with Crippen LogP contribution >= 0.6 is 15.9 Å². The summed E-state index contributed by atoms with van der Waals surface area (Å²) in [5.74, 6) is -1.09. The van der Waals surface area contributed by atoms with E-state index in [-0.39, 0.29) is 11.9 Å². The van der Waals surface area contributed by atoms with E-state index >= 15 is 0 Å². The molecule has 3 nitrogen and oxygen atoms in total. The zero-order valence-corrected chi connectivity index (χ0v) is 14.0. The van der Waals surface area contributed by atoms with Gasteiger partial charge in [-0.1, -0.05) is 40.2 Å². The van der Waals surface area contributed by atoms with Gasteiger partial charge in [-0.25, -0.2) is 4.39 Å². The lowest BCUT2D eigenvalue weighted by Gasteiger charge is -2.32. The Bertz CT molecular complexity index is 704. The molecule has 3 rings (SSSR count). The second-order valence-corrected chi connectivity index (χ2v) is 6.66. The average Bonchev–Trinajstić information content (AvgIpc) is 2.99. The summed E-state index contributed by atoms with van der Waals surface area (Å²) in [4.78, 5) is 13.6. The van der Waals surface area contributed by atoms with Gasteiger partial charge in [0.25, 0.3) is 0 Å². The van der Waals surface area contributed by atoms with Crippen LogP contribution in [0.15, 0.2) is 53.0 Å². The van der Waals surface area contributed by atoms with Gasteiger partial charge in [-0.3, -0.25) is 9.69 Å². The molecule has 2 aromatic rings. The Labute approximate surface area is 142 Å². The van der Waals surface area contributed by atoms with E-state index in [1.165, 1.54) is 12.1 Å². The number of carbonyl (C=O) groups is 1. The molecule has 1 fully saturated rings. The average molecular weight is 378 g/mol. The van der Waals surface area contributed by atoms with E-state index in [1.54, 1.807) is 12.1 Å². The summed E-state index contributed by atoms with van der Waals surface area (Å²) in [5, 5.41) is 9.51. The van der Waals surface area contributed by atoms with Crippen molar-refractivity contribution in [3.8, 4) is 0 Å². The highest BCUT2D eigenvalue weighted by Gasteiger charge is 2.36.